The van der Waals surface area contributed by atoms with E-state index in [0.29, 0.717) is 0 Å². The molecule has 79 heavy (non-hydrogen) atoms. The van der Waals surface area contributed by atoms with Crippen LogP contribution in [0.1, 0.15) is 110 Å². The minimum atomic E-state index is -0.178. The van der Waals surface area contributed by atoms with Gasteiger partial charge in [-0.1, -0.05) is 178 Å². The van der Waals surface area contributed by atoms with Crippen molar-refractivity contribution in [2.45, 2.75) is 111 Å². The van der Waals surface area contributed by atoms with E-state index < -0.39 is 0 Å². The molecule has 0 amide bonds. The average Bonchev–Trinajstić information content (AvgIpc) is 3.42. The molecule has 0 atom stereocenters. The van der Waals surface area contributed by atoms with Gasteiger partial charge in [0.1, 0.15) is 5.58 Å². The van der Waals surface area contributed by atoms with Crippen LogP contribution in [0.15, 0.2) is 180 Å². The van der Waals surface area contributed by atoms with Crippen LogP contribution in [-0.4, -0.2) is 11.3 Å². The first-order valence-corrected chi connectivity index (χ1v) is 29.3. The van der Waals surface area contributed by atoms with Gasteiger partial charge in [0.2, 0.25) is 0 Å². The molecule has 0 spiro atoms. The van der Waals surface area contributed by atoms with E-state index in [1.165, 1.54) is 104 Å². The summed E-state index contributed by atoms with van der Waals surface area (Å²) in [6.45, 7) is 25.8. The number of nitrogens with zero attached hydrogens (tertiary/aromatic N) is 3. The maximum atomic E-state index is 7.38. The fourth-order valence-electron chi connectivity index (χ4n) is 14.0. The molecule has 3 aromatic heterocycles. The molecule has 3 aliphatic rings. The molecular formula is C73H66BN3OS. The molecule has 0 saturated carbocycles. The quantitative estimate of drug-likeness (QED) is 0.161. The first-order chi connectivity index (χ1) is 37.8. The molecule has 15 rings (SSSR count). The first-order valence-electron chi connectivity index (χ1n) is 28.5. The molecular weight excluding hydrogens is 978 g/mol. The number of anilines is 6. The molecule has 0 bridgehead atoms. The highest BCUT2D eigenvalue weighted by atomic mass is 32.1. The zero-order chi connectivity index (χ0) is 54.2. The Morgan fingerprint density at radius 1 is 0.544 bits per heavy atom. The fraction of sp³-hybridized carbons (Fsp3) is 0.233. The molecule has 5 heterocycles. The monoisotopic (exact) mass is 1040 g/mol. The highest BCUT2D eigenvalue weighted by Gasteiger charge is 2.47. The van der Waals surface area contributed by atoms with Crippen LogP contribution >= 0.6 is 11.3 Å². The third kappa shape index (κ3) is 7.12. The van der Waals surface area contributed by atoms with Gasteiger partial charge in [-0.2, -0.15) is 0 Å². The van der Waals surface area contributed by atoms with Gasteiger partial charge in [0.15, 0.2) is 5.58 Å². The Morgan fingerprint density at radius 3 is 1.84 bits per heavy atom. The fourth-order valence-corrected chi connectivity index (χ4v) is 15.2. The van der Waals surface area contributed by atoms with E-state index in [0.717, 1.165) is 57.5 Å². The van der Waals surface area contributed by atoms with E-state index in [1.54, 1.807) is 0 Å². The molecule has 12 aromatic rings. The van der Waals surface area contributed by atoms with Crippen LogP contribution in [0.25, 0.3) is 75.4 Å². The lowest BCUT2D eigenvalue weighted by Crippen LogP contribution is -2.56. The number of hydrogen-bond acceptors (Lipinski definition) is 4. The third-order valence-corrected chi connectivity index (χ3v) is 19.6. The van der Waals surface area contributed by atoms with E-state index >= 15 is 0 Å². The number of para-hydroxylation sites is 1. The van der Waals surface area contributed by atoms with Crippen molar-refractivity contribution >= 4 is 116 Å². The second-order valence-electron chi connectivity index (χ2n) is 26.5. The molecule has 0 fully saturated rings. The Morgan fingerprint density at radius 2 is 1.16 bits per heavy atom. The van der Waals surface area contributed by atoms with Crippen LogP contribution in [0, 0.1) is 6.92 Å². The van der Waals surface area contributed by atoms with Crippen molar-refractivity contribution in [2.24, 2.45) is 0 Å². The topological polar surface area (TPSA) is 24.6 Å². The Balaban J connectivity index is 1.11. The Labute approximate surface area is 469 Å². The molecule has 388 valence electrons. The number of fused-ring (bicyclic) bond motifs is 14. The summed E-state index contributed by atoms with van der Waals surface area (Å²) >= 11 is 1.93. The molecule has 1 aliphatic carbocycles. The van der Waals surface area contributed by atoms with E-state index in [9.17, 15) is 0 Å². The average molecular weight is 1040 g/mol. The lowest BCUT2D eigenvalue weighted by atomic mass is 9.45. The summed E-state index contributed by atoms with van der Waals surface area (Å²) in [7, 11) is 0. The van der Waals surface area contributed by atoms with Crippen molar-refractivity contribution in [3.05, 3.63) is 204 Å². The molecule has 2 aliphatic heterocycles. The number of benzene rings is 9. The van der Waals surface area contributed by atoms with Gasteiger partial charge in [0.05, 0.1) is 10.5 Å². The Bertz CT molecular complexity index is 4460. The number of aryl methyl sites for hydroxylation is 1. The first kappa shape index (κ1) is 48.3. The van der Waals surface area contributed by atoms with Gasteiger partial charge >= 0.3 is 6.85 Å². The molecule has 6 heteroatoms. The van der Waals surface area contributed by atoms with Crippen molar-refractivity contribution in [3.63, 3.8) is 0 Å². The molecule has 0 N–H and O–H groups in total. The standard InChI is InChI=1S/C73H66BN3OS/c1-43-37-57-58(73(10,11)36-35-72(57,8)9)42-61(43)76-60-34-25-45(44-19-13-12-14-20-44)38-59(60)74-65-53(41-55-51-21-15-17-23-62(51)78-68(55)67(65)76)54-39-50(40-56-64-52-22-16-18-24-63(52)79-69(64)77(74)66(54)56)75(48-30-26-46(27-31-48)70(2,3)4)49-32-28-47(29-33-49)71(5,6)7/h12-34,37-42H,35-36H2,1-11H3. The Hall–Kier alpha value is -7.80. The maximum absolute atomic E-state index is 7.38. The SMILES string of the molecule is Cc1cc2c(cc1N1c3ccc(-c4ccccc4)cc3B3c4c(cc5c(oc6ccccc65)c41)-c1cc(N(c4ccc(C(C)(C)C)cc4)c4ccc(C(C)(C)C)cc4)cc4c5c6ccccc6sc5n3c14)C(C)(C)CCC2(C)C. The predicted octanol–water partition coefficient (Wildman–Crippen LogP) is 19.7. The molecule has 0 unspecified atom stereocenters. The molecule has 0 radical (unpaired) electrons. The largest absolute Gasteiger partial charge is 0.454 e. The van der Waals surface area contributed by atoms with Crippen LogP contribution in [0.2, 0.25) is 0 Å². The second-order valence-corrected chi connectivity index (χ2v) is 27.5. The summed E-state index contributed by atoms with van der Waals surface area (Å²) in [6.07, 6.45) is 2.30. The highest BCUT2D eigenvalue weighted by Crippen LogP contribution is 2.56. The van der Waals surface area contributed by atoms with Crippen molar-refractivity contribution in [3.8, 4) is 22.3 Å². The summed E-state index contributed by atoms with van der Waals surface area (Å²) in [5, 5.41) is 6.13. The zero-order valence-corrected chi connectivity index (χ0v) is 48.2. The van der Waals surface area contributed by atoms with Crippen LogP contribution in [-0.2, 0) is 21.7 Å². The number of furan rings is 1. The van der Waals surface area contributed by atoms with Gasteiger partial charge in [-0.15, -0.1) is 11.3 Å². The molecule has 9 aromatic carbocycles. The summed E-state index contributed by atoms with van der Waals surface area (Å²) < 4.78 is 11.4. The van der Waals surface area contributed by atoms with Crippen molar-refractivity contribution in [2.75, 3.05) is 9.80 Å². The lowest BCUT2D eigenvalue weighted by molar-refractivity contribution is 0.332. The lowest BCUT2D eigenvalue weighted by Gasteiger charge is -2.44. The van der Waals surface area contributed by atoms with Gasteiger partial charge < -0.3 is 18.7 Å². The maximum Gasteiger partial charge on any atom is 0.333 e. The third-order valence-electron chi connectivity index (χ3n) is 18.5. The number of aromatic nitrogens is 1. The summed E-state index contributed by atoms with van der Waals surface area (Å²) in [4.78, 5) is 6.43. The minimum absolute atomic E-state index is 0.00129. The zero-order valence-electron chi connectivity index (χ0n) is 47.4. The van der Waals surface area contributed by atoms with Crippen LogP contribution in [0.4, 0.5) is 34.1 Å². The van der Waals surface area contributed by atoms with E-state index in [-0.39, 0.29) is 28.5 Å². The second kappa shape index (κ2) is 16.6. The Kier molecular flexibility index (Phi) is 10.2. The highest BCUT2D eigenvalue weighted by molar-refractivity contribution is 7.26. The van der Waals surface area contributed by atoms with Crippen LogP contribution in [0.3, 0.4) is 0 Å². The normalized spacial score (nSPS) is 15.3. The molecule has 4 nitrogen and oxygen atoms in total. The summed E-state index contributed by atoms with van der Waals surface area (Å²) in [5.41, 5.74) is 24.4. The van der Waals surface area contributed by atoms with Crippen molar-refractivity contribution < 1.29 is 4.42 Å². The van der Waals surface area contributed by atoms with Gasteiger partial charge in [-0.05, 0) is 164 Å². The van der Waals surface area contributed by atoms with Gasteiger partial charge in [-0.3, -0.25) is 0 Å². The summed E-state index contributed by atoms with van der Waals surface area (Å²) in [6, 6.07) is 67.3. The predicted molar refractivity (Wildman–Crippen MR) is 340 cm³/mol. The van der Waals surface area contributed by atoms with Crippen LogP contribution < -0.4 is 20.7 Å². The number of thiophene rings is 1. The van der Waals surface area contributed by atoms with Crippen LogP contribution in [0.5, 0.6) is 0 Å². The minimum Gasteiger partial charge on any atom is -0.454 e. The van der Waals surface area contributed by atoms with Gasteiger partial charge in [-0.25, -0.2) is 0 Å². The summed E-state index contributed by atoms with van der Waals surface area (Å²) in [5.74, 6) is 0. The number of rotatable bonds is 5. The molecule has 0 saturated heterocycles. The smallest absolute Gasteiger partial charge is 0.333 e. The van der Waals surface area contributed by atoms with E-state index in [2.05, 4.69) is 266 Å². The number of hydrogen-bond donors (Lipinski definition) is 0. The van der Waals surface area contributed by atoms with Gasteiger partial charge in [0, 0.05) is 71.1 Å². The van der Waals surface area contributed by atoms with Crippen molar-refractivity contribution in [1.29, 1.82) is 0 Å². The van der Waals surface area contributed by atoms with Crippen molar-refractivity contribution in [1.82, 2.24) is 4.48 Å². The van der Waals surface area contributed by atoms with E-state index in [4.69, 9.17) is 4.42 Å². The van der Waals surface area contributed by atoms with Gasteiger partial charge in [0.25, 0.3) is 0 Å². The van der Waals surface area contributed by atoms with E-state index in [1.807, 2.05) is 11.3 Å².